The SMILES string of the molecule is Nc1nc(N[C@H]2COCC[C@@H]2O)c2ccc(-c3ccn[nH]3)cc2n1. The molecule has 1 fully saturated rings. The maximum absolute atomic E-state index is 10.1. The van der Waals surface area contributed by atoms with E-state index in [9.17, 15) is 5.11 Å². The fourth-order valence-electron chi connectivity index (χ4n) is 2.88. The Morgan fingerprint density at radius 2 is 2.21 bits per heavy atom. The molecule has 1 saturated heterocycles. The normalized spacial score (nSPS) is 21.0. The van der Waals surface area contributed by atoms with Crippen molar-refractivity contribution < 1.29 is 9.84 Å². The van der Waals surface area contributed by atoms with Gasteiger partial charge < -0.3 is 20.9 Å². The molecule has 2 aromatic heterocycles. The van der Waals surface area contributed by atoms with Crippen molar-refractivity contribution in [1.29, 1.82) is 0 Å². The number of hydrogen-bond donors (Lipinski definition) is 4. The van der Waals surface area contributed by atoms with Crippen molar-refractivity contribution in [2.45, 2.75) is 18.6 Å². The van der Waals surface area contributed by atoms with Crippen molar-refractivity contribution in [2.75, 3.05) is 24.3 Å². The van der Waals surface area contributed by atoms with Crippen molar-refractivity contribution in [2.24, 2.45) is 0 Å². The van der Waals surface area contributed by atoms with Gasteiger partial charge in [0, 0.05) is 23.8 Å². The molecule has 0 aliphatic carbocycles. The van der Waals surface area contributed by atoms with Crippen LogP contribution in [0, 0.1) is 0 Å². The minimum atomic E-state index is -0.478. The fraction of sp³-hybridized carbons (Fsp3) is 0.312. The summed E-state index contributed by atoms with van der Waals surface area (Å²) in [6.07, 6.45) is 1.82. The molecule has 0 spiro atoms. The third kappa shape index (κ3) is 2.77. The van der Waals surface area contributed by atoms with Crippen LogP contribution in [0.3, 0.4) is 0 Å². The zero-order valence-corrected chi connectivity index (χ0v) is 12.9. The lowest BCUT2D eigenvalue weighted by molar-refractivity contribution is 0.00309. The molecule has 8 heteroatoms. The molecule has 1 aliphatic rings. The number of aromatic nitrogens is 4. The van der Waals surface area contributed by atoms with Crippen LogP contribution >= 0.6 is 0 Å². The Kier molecular flexibility index (Phi) is 3.75. The van der Waals surface area contributed by atoms with Gasteiger partial charge in [-0.2, -0.15) is 10.1 Å². The fourth-order valence-corrected chi connectivity index (χ4v) is 2.88. The van der Waals surface area contributed by atoms with Gasteiger partial charge in [0.15, 0.2) is 0 Å². The number of nitrogens with one attached hydrogen (secondary N) is 2. The molecular formula is C16H18N6O2. The van der Waals surface area contributed by atoms with Gasteiger partial charge in [-0.25, -0.2) is 4.98 Å². The van der Waals surface area contributed by atoms with Gasteiger partial charge in [-0.3, -0.25) is 5.10 Å². The Morgan fingerprint density at radius 3 is 3.00 bits per heavy atom. The van der Waals surface area contributed by atoms with Gasteiger partial charge in [0.05, 0.1) is 30.0 Å². The summed E-state index contributed by atoms with van der Waals surface area (Å²) < 4.78 is 5.43. The molecule has 1 aromatic carbocycles. The number of ether oxygens (including phenoxy) is 1. The van der Waals surface area contributed by atoms with Gasteiger partial charge in [-0.1, -0.05) is 6.07 Å². The van der Waals surface area contributed by atoms with Gasteiger partial charge in [-0.05, 0) is 24.6 Å². The Hall–Kier alpha value is -2.71. The number of hydrogen-bond acceptors (Lipinski definition) is 7. The smallest absolute Gasteiger partial charge is 0.222 e. The molecule has 2 atom stereocenters. The Balaban J connectivity index is 1.72. The van der Waals surface area contributed by atoms with E-state index in [0.29, 0.717) is 25.5 Å². The number of fused-ring (bicyclic) bond motifs is 1. The van der Waals surface area contributed by atoms with Crippen LogP contribution in [0.15, 0.2) is 30.5 Å². The topological polar surface area (TPSA) is 122 Å². The number of aliphatic hydroxyl groups excluding tert-OH is 1. The highest BCUT2D eigenvalue weighted by molar-refractivity contribution is 5.92. The molecule has 8 nitrogen and oxygen atoms in total. The van der Waals surface area contributed by atoms with Crippen LogP contribution in [0.5, 0.6) is 0 Å². The molecule has 1 aliphatic heterocycles. The van der Waals surface area contributed by atoms with E-state index >= 15 is 0 Å². The van der Waals surface area contributed by atoms with Crippen LogP contribution in [-0.2, 0) is 4.74 Å². The average Bonchev–Trinajstić information content (AvgIpc) is 3.11. The van der Waals surface area contributed by atoms with E-state index in [2.05, 4.69) is 25.5 Å². The van der Waals surface area contributed by atoms with Crippen LogP contribution in [0.1, 0.15) is 6.42 Å². The molecular weight excluding hydrogens is 308 g/mol. The first-order chi connectivity index (χ1) is 11.7. The Morgan fingerprint density at radius 1 is 1.29 bits per heavy atom. The Labute approximate surface area is 138 Å². The number of nitrogen functional groups attached to an aromatic ring is 1. The molecule has 0 amide bonds. The minimum Gasteiger partial charge on any atom is -0.391 e. The lowest BCUT2D eigenvalue weighted by Gasteiger charge is -2.29. The third-order valence-corrected chi connectivity index (χ3v) is 4.17. The van der Waals surface area contributed by atoms with Gasteiger partial charge in [0.25, 0.3) is 0 Å². The largest absolute Gasteiger partial charge is 0.391 e. The van der Waals surface area contributed by atoms with Crippen LogP contribution in [0.2, 0.25) is 0 Å². The molecule has 5 N–H and O–H groups in total. The summed E-state index contributed by atoms with van der Waals surface area (Å²) in [5.74, 6) is 0.779. The van der Waals surface area contributed by atoms with Gasteiger partial charge in [0.1, 0.15) is 5.82 Å². The monoisotopic (exact) mass is 326 g/mol. The number of aliphatic hydroxyl groups is 1. The van der Waals surface area contributed by atoms with Crippen LogP contribution in [0.25, 0.3) is 22.2 Å². The highest BCUT2D eigenvalue weighted by atomic mass is 16.5. The maximum Gasteiger partial charge on any atom is 0.222 e. The summed E-state index contributed by atoms with van der Waals surface area (Å²) in [6, 6.07) is 7.50. The number of aromatic amines is 1. The second-order valence-corrected chi connectivity index (χ2v) is 5.81. The first kappa shape index (κ1) is 14.9. The molecule has 3 heterocycles. The van der Waals surface area contributed by atoms with E-state index in [0.717, 1.165) is 22.2 Å². The number of rotatable bonds is 3. The molecule has 4 rings (SSSR count). The van der Waals surface area contributed by atoms with E-state index in [4.69, 9.17) is 10.5 Å². The highest BCUT2D eigenvalue weighted by Crippen LogP contribution is 2.27. The zero-order valence-electron chi connectivity index (χ0n) is 12.9. The lowest BCUT2D eigenvalue weighted by atomic mass is 10.1. The molecule has 0 saturated carbocycles. The van der Waals surface area contributed by atoms with Crippen molar-refractivity contribution in [1.82, 2.24) is 20.2 Å². The average molecular weight is 326 g/mol. The van der Waals surface area contributed by atoms with Crippen molar-refractivity contribution in [3.63, 3.8) is 0 Å². The van der Waals surface area contributed by atoms with Gasteiger partial charge >= 0.3 is 0 Å². The van der Waals surface area contributed by atoms with E-state index in [1.807, 2.05) is 24.3 Å². The predicted molar refractivity (Wildman–Crippen MR) is 90.4 cm³/mol. The second-order valence-electron chi connectivity index (χ2n) is 5.81. The van der Waals surface area contributed by atoms with Crippen molar-refractivity contribution >= 4 is 22.7 Å². The molecule has 3 aromatic rings. The molecule has 24 heavy (non-hydrogen) atoms. The summed E-state index contributed by atoms with van der Waals surface area (Å²) >= 11 is 0. The van der Waals surface area contributed by atoms with Crippen LogP contribution in [0.4, 0.5) is 11.8 Å². The molecule has 0 radical (unpaired) electrons. The molecule has 0 bridgehead atoms. The maximum atomic E-state index is 10.1. The summed E-state index contributed by atoms with van der Waals surface area (Å²) in [6.45, 7) is 0.998. The number of nitrogens with zero attached hydrogens (tertiary/aromatic N) is 3. The highest BCUT2D eigenvalue weighted by Gasteiger charge is 2.24. The number of anilines is 2. The third-order valence-electron chi connectivity index (χ3n) is 4.17. The van der Waals surface area contributed by atoms with Crippen LogP contribution in [-0.4, -0.2) is 50.6 Å². The van der Waals surface area contributed by atoms with E-state index in [-0.39, 0.29) is 12.0 Å². The molecule has 0 unspecified atom stereocenters. The van der Waals surface area contributed by atoms with Crippen LogP contribution < -0.4 is 11.1 Å². The standard InChI is InChI=1S/C16H18N6O2/c17-16-20-12-7-9(11-3-5-18-22-11)1-2-10(12)15(21-16)19-13-8-24-6-4-14(13)23/h1-3,5,7,13-14,23H,4,6,8H2,(H,18,22)(H3,17,19,20,21)/t13-,14-/m0/s1. The first-order valence-corrected chi connectivity index (χ1v) is 7.80. The summed E-state index contributed by atoms with van der Waals surface area (Å²) in [7, 11) is 0. The Bertz CT molecular complexity index is 851. The first-order valence-electron chi connectivity index (χ1n) is 7.80. The van der Waals surface area contributed by atoms with E-state index < -0.39 is 6.10 Å². The second kappa shape index (κ2) is 6.06. The number of H-pyrrole nitrogens is 1. The number of benzene rings is 1. The van der Waals surface area contributed by atoms with Gasteiger partial charge in [-0.15, -0.1) is 0 Å². The van der Waals surface area contributed by atoms with E-state index in [1.165, 1.54) is 0 Å². The van der Waals surface area contributed by atoms with E-state index in [1.54, 1.807) is 6.20 Å². The van der Waals surface area contributed by atoms with Gasteiger partial charge in [0.2, 0.25) is 5.95 Å². The molecule has 124 valence electrons. The van der Waals surface area contributed by atoms with Crippen molar-refractivity contribution in [3.8, 4) is 11.3 Å². The number of nitrogens with two attached hydrogens (primary N) is 1. The minimum absolute atomic E-state index is 0.179. The predicted octanol–water partition coefficient (Wildman–Crippen LogP) is 1.16. The summed E-state index contributed by atoms with van der Waals surface area (Å²) in [4.78, 5) is 8.61. The summed E-state index contributed by atoms with van der Waals surface area (Å²) in [5, 5.41) is 21.1. The van der Waals surface area contributed by atoms with Crippen molar-refractivity contribution in [3.05, 3.63) is 30.5 Å². The quantitative estimate of drug-likeness (QED) is 0.570. The summed E-state index contributed by atoms with van der Waals surface area (Å²) in [5.41, 5.74) is 8.45. The zero-order chi connectivity index (χ0) is 16.5. The lowest BCUT2D eigenvalue weighted by Crippen LogP contribution is -2.42.